The highest BCUT2D eigenvalue weighted by Crippen LogP contribution is 2.50. The van der Waals surface area contributed by atoms with Crippen molar-refractivity contribution in [3.05, 3.63) is 173 Å². The van der Waals surface area contributed by atoms with Crippen molar-refractivity contribution in [3.63, 3.8) is 0 Å². The zero-order valence-corrected chi connectivity index (χ0v) is 21.8. The van der Waals surface area contributed by atoms with Gasteiger partial charge in [-0.1, -0.05) is 127 Å². The first-order chi connectivity index (χ1) is 18.6. The minimum absolute atomic E-state index is 0.0396. The van der Waals surface area contributed by atoms with Gasteiger partial charge in [-0.2, -0.15) is 0 Å². The Bertz CT molecular complexity index is 1590. The minimum Gasteiger partial charge on any atom is -0.207 e. The number of hydrogen-bond acceptors (Lipinski definition) is 2. The van der Waals surface area contributed by atoms with Gasteiger partial charge in [-0.25, -0.2) is 13.1 Å². The van der Waals surface area contributed by atoms with E-state index in [1.54, 1.807) is 24.3 Å². The molecule has 0 radical (unpaired) electrons. The summed E-state index contributed by atoms with van der Waals surface area (Å²) in [4.78, 5) is 0.261. The lowest BCUT2D eigenvalue weighted by molar-refractivity contribution is 0.454. The molecular weight excluding hydrogens is 486 g/mol. The van der Waals surface area contributed by atoms with Gasteiger partial charge in [0, 0.05) is 11.8 Å². The Kier molecular flexibility index (Phi) is 6.67. The summed E-state index contributed by atoms with van der Waals surface area (Å²) in [7, 11) is -3.80. The van der Waals surface area contributed by atoms with Crippen LogP contribution in [0.25, 0.3) is 0 Å². The van der Waals surface area contributed by atoms with E-state index in [0.717, 1.165) is 17.5 Å². The number of hydrogen-bond donors (Lipinski definition) is 1. The highest BCUT2D eigenvalue weighted by molar-refractivity contribution is 7.89. The van der Waals surface area contributed by atoms with E-state index < -0.39 is 16.1 Å². The molecule has 0 saturated carbocycles. The van der Waals surface area contributed by atoms with Gasteiger partial charge in [0.05, 0.1) is 10.9 Å². The Hall–Kier alpha value is -3.99. The van der Waals surface area contributed by atoms with Crippen molar-refractivity contribution in [1.82, 2.24) is 4.72 Å². The van der Waals surface area contributed by atoms with E-state index in [2.05, 4.69) is 65.4 Å². The molecule has 0 unspecified atom stereocenters. The molecule has 1 aliphatic rings. The summed E-state index contributed by atoms with van der Waals surface area (Å²) in [6.07, 6.45) is 0.871. The third-order valence-electron chi connectivity index (χ3n) is 7.56. The summed E-state index contributed by atoms with van der Waals surface area (Å²) in [5, 5.41) is 0. The Morgan fingerprint density at radius 2 is 1.00 bits per heavy atom. The van der Waals surface area contributed by atoms with Crippen molar-refractivity contribution < 1.29 is 8.42 Å². The van der Waals surface area contributed by atoms with E-state index in [1.165, 1.54) is 22.3 Å². The maximum Gasteiger partial charge on any atom is 0.241 e. The fourth-order valence-corrected chi connectivity index (χ4v) is 7.12. The van der Waals surface area contributed by atoms with Gasteiger partial charge in [-0.15, -0.1) is 0 Å². The van der Waals surface area contributed by atoms with Crippen LogP contribution in [0.5, 0.6) is 0 Å². The molecule has 0 aromatic heterocycles. The maximum absolute atomic E-state index is 13.8. The van der Waals surface area contributed by atoms with Crippen LogP contribution in [0.2, 0.25) is 0 Å². The van der Waals surface area contributed by atoms with Gasteiger partial charge in [0.25, 0.3) is 0 Å². The van der Waals surface area contributed by atoms with Crippen LogP contribution in [0, 0.1) is 0 Å². The average Bonchev–Trinajstić information content (AvgIpc) is 2.98. The summed E-state index contributed by atoms with van der Waals surface area (Å²) >= 11 is 0. The molecule has 0 amide bonds. The van der Waals surface area contributed by atoms with Gasteiger partial charge in [0.1, 0.15) is 0 Å². The van der Waals surface area contributed by atoms with Crippen LogP contribution in [0.15, 0.2) is 144 Å². The van der Waals surface area contributed by atoms with Crippen molar-refractivity contribution in [2.45, 2.75) is 29.2 Å². The van der Waals surface area contributed by atoms with Gasteiger partial charge in [-0.3, -0.25) is 0 Å². The van der Waals surface area contributed by atoms with Crippen molar-refractivity contribution in [2.24, 2.45) is 0 Å². The second kappa shape index (κ2) is 10.4. The normalized spacial score (nSPS) is 14.7. The van der Waals surface area contributed by atoms with Crippen molar-refractivity contribution in [3.8, 4) is 0 Å². The van der Waals surface area contributed by atoms with Crippen LogP contribution in [0.4, 0.5) is 0 Å². The lowest BCUT2D eigenvalue weighted by atomic mass is 9.67. The third kappa shape index (κ3) is 4.69. The smallest absolute Gasteiger partial charge is 0.207 e. The maximum atomic E-state index is 13.8. The molecule has 3 nitrogen and oxygen atoms in total. The molecule has 2 atom stereocenters. The zero-order chi connectivity index (χ0) is 26.0. The Morgan fingerprint density at radius 1 is 0.553 bits per heavy atom. The van der Waals surface area contributed by atoms with Gasteiger partial charge in [0.2, 0.25) is 10.0 Å². The molecule has 0 heterocycles. The van der Waals surface area contributed by atoms with E-state index in [1.807, 2.05) is 54.6 Å². The molecule has 5 aromatic carbocycles. The van der Waals surface area contributed by atoms with Crippen molar-refractivity contribution >= 4 is 10.0 Å². The van der Waals surface area contributed by atoms with E-state index in [9.17, 15) is 8.42 Å². The second-order valence-corrected chi connectivity index (χ2v) is 11.5. The van der Waals surface area contributed by atoms with Crippen LogP contribution < -0.4 is 4.72 Å². The molecular formula is C34H29NO2S. The van der Waals surface area contributed by atoms with Gasteiger partial charge >= 0.3 is 0 Å². The molecule has 0 spiro atoms. The number of sulfonamides is 1. The first kappa shape index (κ1) is 24.4. The van der Waals surface area contributed by atoms with Crippen LogP contribution in [-0.2, 0) is 16.4 Å². The number of rotatable bonds is 7. The quantitative estimate of drug-likeness (QED) is 0.249. The molecule has 0 fully saturated rings. The lowest BCUT2D eigenvalue weighted by Crippen LogP contribution is -2.36. The summed E-state index contributed by atoms with van der Waals surface area (Å²) < 4.78 is 30.8. The predicted molar refractivity (Wildman–Crippen MR) is 153 cm³/mol. The van der Waals surface area contributed by atoms with E-state index in [0.29, 0.717) is 0 Å². The minimum atomic E-state index is -3.80. The van der Waals surface area contributed by atoms with Crippen LogP contribution in [0.1, 0.15) is 51.3 Å². The number of nitrogens with one attached hydrogen (secondary N) is 1. The summed E-state index contributed by atoms with van der Waals surface area (Å²) in [6.45, 7) is 0. The zero-order valence-electron chi connectivity index (χ0n) is 20.9. The van der Waals surface area contributed by atoms with Gasteiger partial charge < -0.3 is 0 Å². The monoisotopic (exact) mass is 515 g/mol. The van der Waals surface area contributed by atoms with Gasteiger partial charge in [-0.05, 0) is 51.9 Å². The Labute approximate surface area is 224 Å². The molecule has 1 aliphatic carbocycles. The first-order valence-electron chi connectivity index (χ1n) is 12.9. The Morgan fingerprint density at radius 3 is 1.55 bits per heavy atom. The molecule has 1 N–H and O–H groups in total. The van der Waals surface area contributed by atoms with Crippen LogP contribution in [0.3, 0.4) is 0 Å². The molecule has 5 aromatic rings. The van der Waals surface area contributed by atoms with Crippen molar-refractivity contribution in [1.29, 1.82) is 0 Å². The topological polar surface area (TPSA) is 46.2 Å². The molecule has 0 saturated heterocycles. The van der Waals surface area contributed by atoms with E-state index >= 15 is 0 Å². The number of benzene rings is 5. The molecule has 0 aliphatic heterocycles. The molecule has 38 heavy (non-hydrogen) atoms. The SMILES string of the molecule is O=S(=O)(N[C@@H](c1ccccc1)[C@@H](c1ccccc1)C1c2ccccc2Cc2ccccc21)c1ccccc1. The van der Waals surface area contributed by atoms with E-state index in [-0.39, 0.29) is 16.7 Å². The fraction of sp³-hybridized carbons (Fsp3) is 0.118. The van der Waals surface area contributed by atoms with Crippen LogP contribution >= 0.6 is 0 Å². The summed E-state index contributed by atoms with van der Waals surface area (Å²) in [5.74, 6) is -0.234. The molecule has 6 rings (SSSR count). The molecule has 0 bridgehead atoms. The fourth-order valence-electron chi connectivity index (χ4n) is 5.85. The van der Waals surface area contributed by atoms with E-state index in [4.69, 9.17) is 0 Å². The summed E-state index contributed by atoms with van der Waals surface area (Å²) in [5.41, 5.74) is 7.10. The number of fused-ring (bicyclic) bond motifs is 2. The highest BCUT2D eigenvalue weighted by Gasteiger charge is 2.39. The van der Waals surface area contributed by atoms with Crippen molar-refractivity contribution in [2.75, 3.05) is 0 Å². The molecule has 188 valence electrons. The lowest BCUT2D eigenvalue weighted by Gasteiger charge is -2.39. The average molecular weight is 516 g/mol. The first-order valence-corrected chi connectivity index (χ1v) is 14.4. The third-order valence-corrected chi connectivity index (χ3v) is 9.02. The molecule has 4 heteroatoms. The van der Waals surface area contributed by atoms with Crippen LogP contribution in [-0.4, -0.2) is 8.42 Å². The second-order valence-electron chi connectivity index (χ2n) is 9.81. The standard InChI is InChI=1S/C34H29NO2S/c36-38(37,29-20-8-3-9-21-29)35-34(26-16-6-2-7-17-26)32(25-14-4-1-5-15-25)33-30-22-12-10-18-27(30)24-28-19-11-13-23-31(28)33/h1-23,32-35H,24H2/t32-,34-/m0/s1. The summed E-state index contributed by atoms with van der Waals surface area (Å²) in [6, 6.07) is 45.6. The largest absolute Gasteiger partial charge is 0.241 e. The predicted octanol–water partition coefficient (Wildman–Crippen LogP) is 7.23. The highest BCUT2D eigenvalue weighted by atomic mass is 32.2. The van der Waals surface area contributed by atoms with Gasteiger partial charge in [0.15, 0.2) is 0 Å². The Balaban J connectivity index is 1.59.